The predicted molar refractivity (Wildman–Crippen MR) is 273 cm³/mol. The first kappa shape index (κ1) is 60.6. The molecule has 0 rings (SSSR count). The van der Waals surface area contributed by atoms with Crippen LogP contribution in [-0.2, 0) is 14.3 Å². The zero-order chi connectivity index (χ0) is 45.9. The van der Waals surface area contributed by atoms with Crippen molar-refractivity contribution < 1.29 is 24.5 Å². The second kappa shape index (κ2) is 50.6. The topological polar surface area (TPSA) is 95.9 Å². The summed E-state index contributed by atoms with van der Waals surface area (Å²) in [7, 11) is 0. The first-order valence-corrected chi connectivity index (χ1v) is 27.1. The van der Waals surface area contributed by atoms with E-state index in [1.807, 2.05) is 24.3 Å². The minimum Gasteiger partial charge on any atom is -0.462 e. The summed E-state index contributed by atoms with van der Waals surface area (Å²) in [5.41, 5.74) is 0. The largest absolute Gasteiger partial charge is 0.462 e. The molecular formula is C57H103NO5. The Hall–Kier alpha value is -2.44. The van der Waals surface area contributed by atoms with Gasteiger partial charge in [-0.1, -0.05) is 268 Å². The average Bonchev–Trinajstić information content (AvgIpc) is 3.28. The number of hydrogen-bond donors (Lipinski definition) is 3. The number of ether oxygens (including phenoxy) is 1. The third kappa shape index (κ3) is 45.9. The van der Waals surface area contributed by atoms with E-state index >= 15 is 0 Å². The second-order valence-electron chi connectivity index (χ2n) is 18.4. The van der Waals surface area contributed by atoms with Crippen LogP contribution in [0.2, 0.25) is 0 Å². The molecule has 0 aromatic heterocycles. The maximum Gasteiger partial charge on any atom is 0.306 e. The lowest BCUT2D eigenvalue weighted by atomic mass is 10.0. The zero-order valence-corrected chi connectivity index (χ0v) is 41.7. The van der Waals surface area contributed by atoms with Crippen LogP contribution in [0.3, 0.4) is 0 Å². The Balaban J connectivity index is 4.46. The van der Waals surface area contributed by atoms with Crippen LogP contribution in [0, 0.1) is 0 Å². The lowest BCUT2D eigenvalue weighted by Gasteiger charge is -2.24. The van der Waals surface area contributed by atoms with Gasteiger partial charge in [-0.15, -0.1) is 0 Å². The summed E-state index contributed by atoms with van der Waals surface area (Å²) in [6.45, 7) is 6.39. The maximum absolute atomic E-state index is 13.2. The lowest BCUT2D eigenvalue weighted by Crippen LogP contribution is -2.46. The molecule has 0 heterocycles. The van der Waals surface area contributed by atoms with Gasteiger partial charge in [0.05, 0.1) is 25.2 Å². The van der Waals surface area contributed by atoms with Crippen molar-refractivity contribution in [3.05, 3.63) is 60.8 Å². The van der Waals surface area contributed by atoms with Crippen molar-refractivity contribution in [1.29, 1.82) is 0 Å². The quantitative estimate of drug-likeness (QED) is 0.0321. The number of aliphatic hydroxyl groups excluding tert-OH is 2. The van der Waals surface area contributed by atoms with Crippen molar-refractivity contribution in [2.24, 2.45) is 0 Å². The molecule has 3 N–H and O–H groups in total. The van der Waals surface area contributed by atoms with E-state index in [2.05, 4.69) is 62.5 Å². The third-order valence-corrected chi connectivity index (χ3v) is 12.2. The van der Waals surface area contributed by atoms with Gasteiger partial charge in [0.15, 0.2) is 0 Å². The van der Waals surface area contributed by atoms with Crippen molar-refractivity contribution in [1.82, 2.24) is 5.32 Å². The lowest BCUT2D eigenvalue weighted by molar-refractivity contribution is -0.151. The molecule has 0 aliphatic heterocycles. The van der Waals surface area contributed by atoms with Gasteiger partial charge in [-0.2, -0.15) is 0 Å². The number of nitrogens with one attached hydrogen (secondary N) is 1. The summed E-state index contributed by atoms with van der Waals surface area (Å²) in [4.78, 5) is 26.1. The first-order valence-electron chi connectivity index (χ1n) is 27.1. The molecule has 0 aromatic rings. The Morgan fingerprint density at radius 1 is 0.460 bits per heavy atom. The number of unbranched alkanes of at least 4 members (excludes halogenated alkanes) is 30. The molecule has 6 heteroatoms. The van der Waals surface area contributed by atoms with Crippen LogP contribution in [-0.4, -0.2) is 46.9 Å². The minimum absolute atomic E-state index is 0.0673. The fourth-order valence-corrected chi connectivity index (χ4v) is 8.11. The summed E-state index contributed by atoms with van der Waals surface area (Å²) in [6.07, 6.45) is 62.8. The van der Waals surface area contributed by atoms with E-state index in [0.717, 1.165) is 83.5 Å². The molecule has 0 saturated carbocycles. The van der Waals surface area contributed by atoms with E-state index in [4.69, 9.17) is 4.74 Å². The molecule has 0 aliphatic carbocycles. The highest BCUT2D eigenvalue weighted by molar-refractivity contribution is 5.77. The summed E-state index contributed by atoms with van der Waals surface area (Å²) in [6, 6.07) is -0.706. The number of hydrogen-bond acceptors (Lipinski definition) is 5. The van der Waals surface area contributed by atoms with E-state index in [0.29, 0.717) is 19.3 Å². The fourth-order valence-electron chi connectivity index (χ4n) is 8.11. The molecule has 0 radical (unpaired) electrons. The van der Waals surface area contributed by atoms with E-state index < -0.39 is 18.2 Å². The zero-order valence-electron chi connectivity index (χ0n) is 41.7. The van der Waals surface area contributed by atoms with Gasteiger partial charge < -0.3 is 20.3 Å². The van der Waals surface area contributed by atoms with E-state index in [9.17, 15) is 19.8 Å². The maximum atomic E-state index is 13.2. The Morgan fingerprint density at radius 3 is 1.29 bits per heavy atom. The van der Waals surface area contributed by atoms with Gasteiger partial charge in [0.25, 0.3) is 0 Å². The smallest absolute Gasteiger partial charge is 0.306 e. The number of aliphatic hydroxyl groups is 2. The van der Waals surface area contributed by atoms with Crippen LogP contribution in [0.4, 0.5) is 0 Å². The highest BCUT2D eigenvalue weighted by Crippen LogP contribution is 2.18. The number of carbonyl (C=O) groups excluding carboxylic acids is 2. The van der Waals surface area contributed by atoms with Gasteiger partial charge in [0, 0.05) is 6.42 Å². The Kier molecular flexibility index (Phi) is 48.6. The van der Waals surface area contributed by atoms with Crippen LogP contribution in [0.5, 0.6) is 0 Å². The summed E-state index contributed by atoms with van der Waals surface area (Å²) in [5.74, 6) is -0.498. The van der Waals surface area contributed by atoms with Crippen molar-refractivity contribution in [3.8, 4) is 0 Å². The number of esters is 1. The summed E-state index contributed by atoms with van der Waals surface area (Å²) in [5, 5.41) is 23.8. The van der Waals surface area contributed by atoms with Crippen molar-refractivity contribution in [3.63, 3.8) is 0 Å². The molecule has 63 heavy (non-hydrogen) atoms. The predicted octanol–water partition coefficient (Wildman–Crippen LogP) is 16.4. The number of carbonyl (C=O) groups is 2. The third-order valence-electron chi connectivity index (χ3n) is 12.2. The van der Waals surface area contributed by atoms with Crippen LogP contribution < -0.4 is 5.32 Å². The summed E-state index contributed by atoms with van der Waals surface area (Å²) < 4.78 is 5.92. The molecular weight excluding hydrogens is 779 g/mol. The van der Waals surface area contributed by atoms with Crippen molar-refractivity contribution in [2.45, 2.75) is 283 Å². The summed E-state index contributed by atoms with van der Waals surface area (Å²) >= 11 is 0. The van der Waals surface area contributed by atoms with Crippen molar-refractivity contribution in [2.75, 3.05) is 6.61 Å². The normalized spacial score (nSPS) is 13.7. The molecule has 0 fully saturated rings. The molecule has 0 aliphatic rings. The Labute approximate surface area is 390 Å². The molecule has 0 spiro atoms. The monoisotopic (exact) mass is 882 g/mol. The molecule has 0 saturated heterocycles. The second-order valence-corrected chi connectivity index (χ2v) is 18.4. The van der Waals surface area contributed by atoms with Gasteiger partial charge in [-0.3, -0.25) is 9.59 Å². The van der Waals surface area contributed by atoms with E-state index in [-0.39, 0.29) is 24.9 Å². The van der Waals surface area contributed by atoms with E-state index in [1.54, 1.807) is 0 Å². The minimum atomic E-state index is -0.792. The van der Waals surface area contributed by atoms with Crippen molar-refractivity contribution >= 4 is 11.9 Å². The van der Waals surface area contributed by atoms with Gasteiger partial charge in [-0.25, -0.2) is 0 Å². The molecule has 6 nitrogen and oxygen atoms in total. The van der Waals surface area contributed by atoms with Gasteiger partial charge >= 0.3 is 5.97 Å². The Morgan fingerprint density at radius 2 is 0.841 bits per heavy atom. The molecule has 0 aromatic carbocycles. The van der Waals surface area contributed by atoms with Crippen LogP contribution >= 0.6 is 0 Å². The molecule has 0 bridgehead atoms. The first-order chi connectivity index (χ1) is 31.0. The van der Waals surface area contributed by atoms with E-state index in [1.165, 1.54) is 135 Å². The Bertz CT molecular complexity index is 1130. The average molecular weight is 882 g/mol. The molecule has 366 valence electrons. The fraction of sp³-hybridized carbons (Fsp3) is 0.789. The van der Waals surface area contributed by atoms with Crippen LogP contribution in [0.1, 0.15) is 265 Å². The van der Waals surface area contributed by atoms with Gasteiger partial charge in [0.1, 0.15) is 6.10 Å². The molecule has 3 atom stereocenters. The SMILES string of the molecule is CCC/C=C/C=C/C=C/C=C/C=C/CCCCCCCC(=O)OC(CCCCCCCCCCC)CC(=O)NC(CO)C(O)CCCCCCCCCCCCCCCCCCC. The highest BCUT2D eigenvalue weighted by atomic mass is 16.5. The van der Waals surface area contributed by atoms with Crippen LogP contribution in [0.15, 0.2) is 60.8 Å². The van der Waals surface area contributed by atoms with Crippen LogP contribution in [0.25, 0.3) is 0 Å². The highest BCUT2D eigenvalue weighted by Gasteiger charge is 2.24. The van der Waals surface area contributed by atoms with Gasteiger partial charge in [0.2, 0.25) is 5.91 Å². The van der Waals surface area contributed by atoms with Gasteiger partial charge in [-0.05, 0) is 44.9 Å². The molecule has 3 unspecified atom stereocenters. The number of rotatable bonds is 48. The number of amides is 1. The standard InChI is InChI=1S/C57H103NO5/c1-4-7-10-13-16-19-21-23-25-27-29-31-33-35-38-41-44-47-50-57(62)63-53(48-45-42-39-36-18-15-12-9-6-3)51-56(61)58-54(52-59)55(60)49-46-43-40-37-34-32-30-28-26-24-22-20-17-14-11-8-5-2/h10,13,16,19,21,23,25,27,29,31,53-55,59-60H,4-9,11-12,14-15,17-18,20,22,24,26,28,30,32-52H2,1-3H3,(H,58,61)/b13-10+,19-16+,23-21+,27-25+,31-29+. The number of allylic oxidation sites excluding steroid dienone is 10. The molecule has 1 amide bonds.